The fourth-order valence-corrected chi connectivity index (χ4v) is 2.37. The zero-order chi connectivity index (χ0) is 10.5. The average molecular weight is 218 g/mol. The van der Waals surface area contributed by atoms with E-state index in [-0.39, 0.29) is 11.8 Å². The van der Waals surface area contributed by atoms with E-state index in [1.54, 1.807) is 0 Å². The molecule has 76 valence electrons. The topological polar surface area (TPSA) is 74.7 Å². The molecule has 2 aliphatic rings. The van der Waals surface area contributed by atoms with Crippen LogP contribution in [-0.4, -0.2) is 39.7 Å². The SMILES string of the molecule is O=C(O)C(=O)N1C[C@@H]2C[C@@H]2[C@@H]1C(=O)Cl. The number of nitrogens with zero attached hydrogens (tertiary/aromatic N) is 1. The van der Waals surface area contributed by atoms with Crippen molar-refractivity contribution in [2.75, 3.05) is 6.54 Å². The molecule has 0 unspecified atom stereocenters. The molecule has 3 atom stereocenters. The number of amides is 1. The van der Waals surface area contributed by atoms with Gasteiger partial charge in [-0.1, -0.05) is 0 Å². The number of halogens is 1. The minimum absolute atomic E-state index is 0.0864. The zero-order valence-corrected chi connectivity index (χ0v) is 7.90. The van der Waals surface area contributed by atoms with Gasteiger partial charge in [-0.15, -0.1) is 0 Å². The van der Waals surface area contributed by atoms with Gasteiger partial charge in [0.1, 0.15) is 6.04 Å². The van der Waals surface area contributed by atoms with Crippen LogP contribution in [0.2, 0.25) is 0 Å². The zero-order valence-electron chi connectivity index (χ0n) is 7.14. The summed E-state index contributed by atoms with van der Waals surface area (Å²) in [5.74, 6) is -2.21. The molecule has 1 saturated heterocycles. The molecule has 0 aromatic rings. The summed E-state index contributed by atoms with van der Waals surface area (Å²) in [6.07, 6.45) is 0.868. The van der Waals surface area contributed by atoms with Crippen molar-refractivity contribution in [3.05, 3.63) is 0 Å². The van der Waals surface area contributed by atoms with E-state index >= 15 is 0 Å². The van der Waals surface area contributed by atoms with Crippen LogP contribution < -0.4 is 0 Å². The van der Waals surface area contributed by atoms with Gasteiger partial charge in [-0.25, -0.2) is 4.79 Å². The molecule has 0 radical (unpaired) electrons. The highest BCUT2D eigenvalue weighted by Gasteiger charge is 2.57. The van der Waals surface area contributed by atoms with Gasteiger partial charge in [0.15, 0.2) is 0 Å². The van der Waals surface area contributed by atoms with Crippen LogP contribution in [0.4, 0.5) is 0 Å². The lowest BCUT2D eigenvalue weighted by Crippen LogP contribution is -2.45. The summed E-state index contributed by atoms with van der Waals surface area (Å²) in [5, 5.41) is 7.86. The number of fused-ring (bicyclic) bond motifs is 1. The summed E-state index contributed by atoms with van der Waals surface area (Å²) in [4.78, 5) is 33.6. The highest BCUT2D eigenvalue weighted by Crippen LogP contribution is 2.50. The van der Waals surface area contributed by atoms with E-state index < -0.39 is 23.2 Å². The monoisotopic (exact) mass is 217 g/mol. The third-order valence-corrected chi connectivity index (χ3v) is 3.05. The summed E-state index contributed by atoms with van der Waals surface area (Å²) in [5.41, 5.74) is 0. The Morgan fingerprint density at radius 2 is 2.00 bits per heavy atom. The normalized spacial score (nSPS) is 33.8. The van der Waals surface area contributed by atoms with Gasteiger partial charge in [0.05, 0.1) is 0 Å². The Hall–Kier alpha value is -1.10. The lowest BCUT2D eigenvalue weighted by Gasteiger charge is -2.22. The molecule has 6 heteroatoms. The van der Waals surface area contributed by atoms with Crippen LogP contribution in [-0.2, 0) is 14.4 Å². The van der Waals surface area contributed by atoms with Gasteiger partial charge in [-0.2, -0.15) is 0 Å². The molecule has 1 amide bonds. The van der Waals surface area contributed by atoms with Crippen molar-refractivity contribution in [3.8, 4) is 0 Å². The number of hydrogen-bond donors (Lipinski definition) is 1. The quantitative estimate of drug-likeness (QED) is 0.483. The first-order valence-electron chi connectivity index (χ1n) is 4.25. The Kier molecular flexibility index (Phi) is 1.99. The summed E-state index contributed by atoms with van der Waals surface area (Å²) in [6, 6.07) is -0.717. The van der Waals surface area contributed by atoms with Gasteiger partial charge in [0, 0.05) is 6.54 Å². The third-order valence-electron chi connectivity index (χ3n) is 2.83. The standard InChI is InChI=1S/C8H8ClNO4/c9-6(11)5-4-1-3(4)2-10(5)7(12)8(13)14/h3-5H,1-2H2,(H,13,14)/t3-,4-,5+/m0/s1. The van der Waals surface area contributed by atoms with Crippen molar-refractivity contribution in [2.45, 2.75) is 12.5 Å². The second-order valence-corrected chi connectivity index (χ2v) is 4.04. The number of carbonyl (C=O) groups excluding carboxylic acids is 2. The van der Waals surface area contributed by atoms with Gasteiger partial charge in [-0.05, 0) is 29.9 Å². The maximum Gasteiger partial charge on any atom is 0.394 e. The number of piperidine rings is 1. The first-order valence-corrected chi connectivity index (χ1v) is 4.63. The van der Waals surface area contributed by atoms with Crippen LogP contribution in [0.15, 0.2) is 0 Å². The maximum absolute atomic E-state index is 11.1. The number of rotatable bonds is 1. The average Bonchev–Trinajstić information content (AvgIpc) is 2.74. The molecule has 0 spiro atoms. The van der Waals surface area contributed by atoms with E-state index in [4.69, 9.17) is 16.7 Å². The molecule has 0 aromatic carbocycles. The molecule has 2 rings (SSSR count). The molecular weight excluding hydrogens is 210 g/mol. The van der Waals surface area contributed by atoms with Gasteiger partial charge in [0.25, 0.3) is 0 Å². The van der Waals surface area contributed by atoms with Crippen molar-refractivity contribution in [2.24, 2.45) is 11.8 Å². The molecule has 1 saturated carbocycles. The number of carboxylic acids is 1. The summed E-state index contributed by atoms with van der Waals surface area (Å²) in [6.45, 7) is 0.346. The van der Waals surface area contributed by atoms with E-state index in [2.05, 4.69) is 0 Å². The highest BCUT2D eigenvalue weighted by molar-refractivity contribution is 6.65. The van der Waals surface area contributed by atoms with Crippen LogP contribution >= 0.6 is 11.6 Å². The van der Waals surface area contributed by atoms with Gasteiger partial charge < -0.3 is 10.0 Å². The number of likely N-dealkylation sites (tertiary alicyclic amines) is 1. The smallest absolute Gasteiger partial charge is 0.394 e. The van der Waals surface area contributed by atoms with Crippen molar-refractivity contribution in [1.29, 1.82) is 0 Å². The van der Waals surface area contributed by atoms with Crippen LogP contribution in [0.5, 0.6) is 0 Å². The van der Waals surface area contributed by atoms with E-state index in [9.17, 15) is 14.4 Å². The maximum atomic E-state index is 11.1. The first kappa shape index (κ1) is 9.45. The molecule has 0 aromatic heterocycles. The molecular formula is C8H8ClNO4. The van der Waals surface area contributed by atoms with Crippen LogP contribution in [0.3, 0.4) is 0 Å². The highest BCUT2D eigenvalue weighted by atomic mass is 35.5. The Labute approximate surface area is 84.6 Å². The van der Waals surface area contributed by atoms with E-state index in [1.165, 1.54) is 0 Å². The summed E-state index contributed by atoms with van der Waals surface area (Å²) in [7, 11) is 0. The van der Waals surface area contributed by atoms with Crippen molar-refractivity contribution in [1.82, 2.24) is 4.90 Å². The summed E-state index contributed by atoms with van der Waals surface area (Å²) >= 11 is 5.32. The molecule has 0 bridgehead atoms. The van der Waals surface area contributed by atoms with E-state index in [0.717, 1.165) is 11.3 Å². The van der Waals surface area contributed by atoms with Crippen LogP contribution in [0, 0.1) is 11.8 Å². The molecule has 1 aliphatic carbocycles. The molecule has 5 nitrogen and oxygen atoms in total. The Morgan fingerprint density at radius 3 is 2.50 bits per heavy atom. The lowest BCUT2D eigenvalue weighted by atomic mass is 10.2. The first-order chi connectivity index (χ1) is 6.52. The number of carboxylic acid groups (broad SMARTS) is 1. The number of aliphatic carboxylic acids is 1. The fourth-order valence-electron chi connectivity index (χ4n) is 2.09. The Balaban J connectivity index is 2.16. The number of hydrogen-bond acceptors (Lipinski definition) is 3. The van der Waals surface area contributed by atoms with Crippen molar-refractivity contribution < 1.29 is 19.5 Å². The Bertz CT molecular complexity index is 329. The van der Waals surface area contributed by atoms with Gasteiger partial charge in [-0.3, -0.25) is 9.59 Å². The van der Waals surface area contributed by atoms with Crippen molar-refractivity contribution >= 4 is 28.7 Å². The molecule has 2 fully saturated rings. The van der Waals surface area contributed by atoms with Gasteiger partial charge in [0.2, 0.25) is 5.24 Å². The van der Waals surface area contributed by atoms with E-state index in [0.29, 0.717) is 6.54 Å². The molecule has 1 heterocycles. The number of carbonyl (C=O) groups is 3. The predicted octanol–water partition coefficient (Wildman–Crippen LogP) is -0.317. The molecule has 1 N–H and O–H groups in total. The third kappa shape index (κ3) is 1.28. The van der Waals surface area contributed by atoms with Crippen LogP contribution in [0.25, 0.3) is 0 Å². The summed E-state index contributed by atoms with van der Waals surface area (Å²) < 4.78 is 0. The van der Waals surface area contributed by atoms with Crippen LogP contribution in [0.1, 0.15) is 6.42 Å². The molecule has 14 heavy (non-hydrogen) atoms. The lowest BCUT2D eigenvalue weighted by molar-refractivity contribution is -0.157. The largest absolute Gasteiger partial charge is 0.474 e. The second-order valence-electron chi connectivity index (χ2n) is 3.67. The minimum Gasteiger partial charge on any atom is -0.474 e. The second kappa shape index (κ2) is 2.95. The predicted molar refractivity (Wildman–Crippen MR) is 45.6 cm³/mol. The van der Waals surface area contributed by atoms with E-state index in [1.807, 2.05) is 0 Å². The van der Waals surface area contributed by atoms with Crippen molar-refractivity contribution in [3.63, 3.8) is 0 Å². The van der Waals surface area contributed by atoms with Gasteiger partial charge >= 0.3 is 11.9 Å². The molecule has 1 aliphatic heterocycles. The minimum atomic E-state index is -1.53. The fraction of sp³-hybridized carbons (Fsp3) is 0.625. The Morgan fingerprint density at radius 1 is 1.36 bits per heavy atom.